The van der Waals surface area contributed by atoms with E-state index in [0.29, 0.717) is 0 Å². The van der Waals surface area contributed by atoms with Crippen molar-refractivity contribution in [2.45, 2.75) is 184 Å². The number of aliphatic hydroxyl groups is 20. The molecule has 6 aliphatic heterocycles. The van der Waals surface area contributed by atoms with Gasteiger partial charge in [0.15, 0.2) is 37.7 Å². The Morgan fingerprint density at radius 2 is 0.478 bits per heavy atom. The quantitative estimate of drug-likeness (QED) is 0.0683. The van der Waals surface area contributed by atoms with Crippen LogP contribution in [0, 0.1) is 0 Å². The first-order valence-corrected chi connectivity index (χ1v) is 21.1. The van der Waals surface area contributed by atoms with Crippen molar-refractivity contribution in [1.82, 2.24) is 0 Å². The minimum Gasteiger partial charge on any atom is -0.394 e. The minimum atomic E-state index is -2.32. The molecule has 6 rings (SSSR count). The Morgan fingerprint density at radius 1 is 0.224 bits per heavy atom. The molecule has 6 heterocycles. The maximum Gasteiger partial charge on any atom is 0.187 e. The maximum absolute atomic E-state index is 11.7. The number of hydrogen-bond donors (Lipinski definition) is 20. The Balaban J connectivity index is 1.27. The van der Waals surface area contributed by atoms with Gasteiger partial charge < -0.3 is 154 Å². The Bertz CT molecular complexity index is 1510. The highest BCUT2D eigenvalue weighted by Gasteiger charge is 2.58. The second-order valence-electron chi connectivity index (χ2n) is 16.8. The molecular weight excluding hydrogens is 928 g/mol. The SMILES string of the molecule is OC[C@H]1O[C@@H](O[C@@H]2[C@H](O[C@@H]3[C@@H](O[C@@H]4[C@H](O)[C@@H](O[C@@H]5[C@@H](O[C@H]6[C@@H](O)[C@H](O)[C@@H](CO)O[C@@H]6O)O[C@H](CO)[C@@H](O)[C@@H]5O)O[C@H](CO)[C@H]4O)O[C@H](CO)[C@@H](O)[C@@H]3O)O[C@H](CO)[C@@H](O)[C@@H]2O)[C@@H](O)[C@@H](O)[C@@H]1O. The summed E-state index contributed by atoms with van der Waals surface area (Å²) in [5.74, 6) is 0. The molecule has 6 fully saturated rings. The Morgan fingerprint density at radius 3 is 0.851 bits per heavy atom. The van der Waals surface area contributed by atoms with Gasteiger partial charge in [-0.3, -0.25) is 0 Å². The molecule has 0 unspecified atom stereocenters. The first-order valence-electron chi connectivity index (χ1n) is 21.1. The van der Waals surface area contributed by atoms with Crippen LogP contribution in [0.2, 0.25) is 0 Å². The number of aliphatic hydroxyl groups excluding tert-OH is 20. The predicted molar refractivity (Wildman–Crippen MR) is 199 cm³/mol. The Labute approximate surface area is 378 Å². The summed E-state index contributed by atoms with van der Waals surface area (Å²) in [6.45, 7) is -5.83. The summed E-state index contributed by atoms with van der Waals surface area (Å²) in [6, 6.07) is 0. The van der Waals surface area contributed by atoms with Crippen LogP contribution in [0.3, 0.4) is 0 Å². The van der Waals surface area contributed by atoms with Gasteiger partial charge in [0.25, 0.3) is 0 Å². The van der Waals surface area contributed by atoms with Crippen LogP contribution >= 0.6 is 0 Å². The van der Waals surface area contributed by atoms with E-state index in [4.69, 9.17) is 52.1 Å². The van der Waals surface area contributed by atoms with Gasteiger partial charge in [-0.05, 0) is 0 Å². The van der Waals surface area contributed by atoms with Crippen molar-refractivity contribution in [1.29, 1.82) is 0 Å². The van der Waals surface area contributed by atoms with Crippen LogP contribution in [-0.2, 0) is 52.1 Å². The largest absolute Gasteiger partial charge is 0.394 e. The summed E-state index contributed by atoms with van der Waals surface area (Å²) in [7, 11) is 0. The van der Waals surface area contributed by atoms with Gasteiger partial charge in [-0.2, -0.15) is 0 Å². The molecule has 31 heteroatoms. The topological polar surface area (TPSA) is 506 Å². The van der Waals surface area contributed by atoms with Gasteiger partial charge in [-0.1, -0.05) is 0 Å². The summed E-state index contributed by atoms with van der Waals surface area (Å²) in [5.41, 5.74) is 0. The molecule has 30 atom stereocenters. The summed E-state index contributed by atoms with van der Waals surface area (Å²) < 4.78 is 61.7. The van der Waals surface area contributed by atoms with Crippen molar-refractivity contribution in [2.24, 2.45) is 0 Å². The van der Waals surface area contributed by atoms with E-state index in [1.807, 2.05) is 0 Å². The lowest BCUT2D eigenvalue weighted by molar-refractivity contribution is -0.411. The molecule has 6 aliphatic rings. The molecule has 31 nitrogen and oxygen atoms in total. The van der Waals surface area contributed by atoms with E-state index in [9.17, 15) is 102 Å². The Hall–Kier alpha value is -1.24. The lowest BCUT2D eigenvalue weighted by Crippen LogP contribution is -2.69. The summed E-state index contributed by atoms with van der Waals surface area (Å²) in [6.07, 6.45) is -59.6. The second-order valence-corrected chi connectivity index (χ2v) is 16.8. The zero-order valence-corrected chi connectivity index (χ0v) is 35.0. The lowest BCUT2D eigenvalue weighted by Gasteiger charge is -2.50. The molecule has 0 saturated carbocycles. The van der Waals surface area contributed by atoms with Crippen LogP contribution in [0.4, 0.5) is 0 Å². The lowest BCUT2D eigenvalue weighted by atomic mass is 9.95. The van der Waals surface area contributed by atoms with E-state index < -0.39 is 224 Å². The van der Waals surface area contributed by atoms with E-state index in [1.54, 1.807) is 0 Å². The number of ether oxygens (including phenoxy) is 11. The molecule has 0 aromatic carbocycles. The monoisotopic (exact) mass is 990 g/mol. The smallest absolute Gasteiger partial charge is 0.187 e. The third kappa shape index (κ3) is 11.2. The first-order chi connectivity index (χ1) is 31.8. The van der Waals surface area contributed by atoms with E-state index in [1.165, 1.54) is 0 Å². The molecule has 0 bridgehead atoms. The second kappa shape index (κ2) is 23.5. The fourth-order valence-corrected chi connectivity index (χ4v) is 8.43. The fraction of sp³-hybridized carbons (Fsp3) is 1.00. The van der Waals surface area contributed by atoms with E-state index in [-0.39, 0.29) is 0 Å². The van der Waals surface area contributed by atoms with E-state index in [0.717, 1.165) is 0 Å². The summed E-state index contributed by atoms with van der Waals surface area (Å²) in [4.78, 5) is 0. The van der Waals surface area contributed by atoms with E-state index in [2.05, 4.69) is 0 Å². The summed E-state index contributed by atoms with van der Waals surface area (Å²) >= 11 is 0. The van der Waals surface area contributed by atoms with E-state index >= 15 is 0 Å². The maximum atomic E-state index is 11.7. The van der Waals surface area contributed by atoms with Crippen LogP contribution in [0.1, 0.15) is 0 Å². The van der Waals surface area contributed by atoms with Gasteiger partial charge in [0.1, 0.15) is 146 Å². The zero-order valence-electron chi connectivity index (χ0n) is 35.0. The zero-order chi connectivity index (χ0) is 49.3. The van der Waals surface area contributed by atoms with Crippen LogP contribution in [0.15, 0.2) is 0 Å². The first kappa shape index (κ1) is 55.1. The van der Waals surface area contributed by atoms with Crippen molar-refractivity contribution < 1.29 is 154 Å². The van der Waals surface area contributed by atoms with Crippen LogP contribution in [-0.4, -0.2) is 326 Å². The van der Waals surface area contributed by atoms with Crippen LogP contribution in [0.25, 0.3) is 0 Å². The molecule has 0 aromatic heterocycles. The van der Waals surface area contributed by atoms with Gasteiger partial charge in [0, 0.05) is 0 Å². The average molecular weight is 991 g/mol. The van der Waals surface area contributed by atoms with Gasteiger partial charge >= 0.3 is 0 Å². The normalized spacial score (nSPS) is 53.4. The van der Waals surface area contributed by atoms with Crippen molar-refractivity contribution in [3.8, 4) is 0 Å². The van der Waals surface area contributed by atoms with Crippen molar-refractivity contribution in [2.75, 3.05) is 39.6 Å². The van der Waals surface area contributed by atoms with Gasteiger partial charge in [-0.25, -0.2) is 0 Å². The highest BCUT2D eigenvalue weighted by molar-refractivity contribution is 5.00. The molecule has 0 radical (unpaired) electrons. The number of rotatable bonds is 16. The highest BCUT2D eigenvalue weighted by Crippen LogP contribution is 2.37. The van der Waals surface area contributed by atoms with Gasteiger partial charge in [0.2, 0.25) is 0 Å². The molecule has 0 aliphatic carbocycles. The molecule has 0 amide bonds. The molecule has 0 aromatic rings. The van der Waals surface area contributed by atoms with Crippen molar-refractivity contribution in [3.05, 3.63) is 0 Å². The molecule has 20 N–H and O–H groups in total. The number of hydrogen-bond acceptors (Lipinski definition) is 31. The minimum absolute atomic E-state index is 0.853. The highest BCUT2D eigenvalue weighted by atomic mass is 16.8. The molecular formula is C36H62O31. The van der Waals surface area contributed by atoms with Gasteiger partial charge in [-0.15, -0.1) is 0 Å². The van der Waals surface area contributed by atoms with Gasteiger partial charge in [0.05, 0.1) is 39.6 Å². The molecule has 6 saturated heterocycles. The molecule has 67 heavy (non-hydrogen) atoms. The third-order valence-corrected chi connectivity index (χ3v) is 12.4. The van der Waals surface area contributed by atoms with Crippen molar-refractivity contribution >= 4 is 0 Å². The van der Waals surface area contributed by atoms with Crippen LogP contribution in [0.5, 0.6) is 0 Å². The molecule has 392 valence electrons. The summed E-state index contributed by atoms with van der Waals surface area (Å²) in [5, 5.41) is 211. The Kier molecular flexibility index (Phi) is 19.4. The van der Waals surface area contributed by atoms with Crippen molar-refractivity contribution in [3.63, 3.8) is 0 Å². The average Bonchev–Trinajstić information content (AvgIpc) is 3.31. The molecule has 0 spiro atoms. The standard InChI is InChI=1S/C36H62O31/c37-1-7-14(44)20(50)27(31(56)57-7)64-35-28(21(51)15(45)10(4-40)61-35)66-33-25(55)26(18(48)12(6-42)59-33)63-34-30(23(53)17(47)9(3-39)60-34)67-36-29(22(52)16(46)11(5-41)62-36)65-32-24(54)19(49)13(43)8(2-38)58-32/h7-56H,1-6H2/t7-,8-,9-,10-,11-,12-,13-,14-,15-,16-,17-,18-,19+,20+,21+,22+,23+,24+,25+,26+,27+,28+,29+,30+,31+,32+,33-,34-,35-,36+/m1/s1. The van der Waals surface area contributed by atoms with Crippen LogP contribution < -0.4 is 0 Å². The fourth-order valence-electron chi connectivity index (χ4n) is 8.43. The third-order valence-electron chi connectivity index (χ3n) is 12.4. The predicted octanol–water partition coefficient (Wildman–Crippen LogP) is -14.1.